The summed E-state index contributed by atoms with van der Waals surface area (Å²) in [7, 11) is 0. The van der Waals surface area contributed by atoms with E-state index in [0.29, 0.717) is 5.41 Å². The van der Waals surface area contributed by atoms with Crippen molar-refractivity contribution in [3.63, 3.8) is 0 Å². The summed E-state index contributed by atoms with van der Waals surface area (Å²) in [5, 5.41) is 1.19. The SMILES string of the molecule is CC1(C)[C@H]2CC[C@@H](CSc3ccccn3)[C@@H]1C2. The van der Waals surface area contributed by atoms with Crippen LogP contribution in [0.4, 0.5) is 0 Å². The molecule has 1 aromatic heterocycles. The molecule has 1 heterocycles. The first-order chi connectivity index (χ1) is 8.18. The Morgan fingerprint density at radius 2 is 2.24 bits per heavy atom. The molecule has 0 N–H and O–H groups in total. The molecule has 0 amide bonds. The fraction of sp³-hybridized carbons (Fsp3) is 0.667. The van der Waals surface area contributed by atoms with Crippen LogP contribution in [-0.2, 0) is 0 Å². The molecule has 0 spiro atoms. The minimum Gasteiger partial charge on any atom is -0.250 e. The molecule has 3 aliphatic carbocycles. The lowest BCUT2D eigenvalue weighted by Gasteiger charge is -2.60. The molecule has 2 heteroatoms. The predicted octanol–water partition coefficient (Wildman–Crippen LogP) is 4.25. The van der Waals surface area contributed by atoms with Crippen molar-refractivity contribution >= 4 is 11.8 Å². The van der Waals surface area contributed by atoms with Gasteiger partial charge < -0.3 is 0 Å². The van der Waals surface area contributed by atoms with Gasteiger partial charge in [0.05, 0.1) is 5.03 Å². The van der Waals surface area contributed by atoms with Gasteiger partial charge in [-0.15, -0.1) is 11.8 Å². The van der Waals surface area contributed by atoms with Crippen molar-refractivity contribution in [1.82, 2.24) is 4.98 Å². The number of nitrogens with zero attached hydrogens (tertiary/aromatic N) is 1. The summed E-state index contributed by atoms with van der Waals surface area (Å²) in [4.78, 5) is 4.40. The van der Waals surface area contributed by atoms with E-state index in [-0.39, 0.29) is 0 Å². The lowest BCUT2D eigenvalue weighted by Crippen LogP contribution is -2.52. The first kappa shape index (κ1) is 11.6. The van der Waals surface area contributed by atoms with Gasteiger partial charge in [0.1, 0.15) is 0 Å². The highest BCUT2D eigenvalue weighted by molar-refractivity contribution is 7.99. The Labute approximate surface area is 108 Å². The first-order valence-corrected chi connectivity index (χ1v) is 7.70. The summed E-state index contributed by atoms with van der Waals surface area (Å²) in [5.74, 6) is 4.17. The molecule has 0 unspecified atom stereocenters. The maximum Gasteiger partial charge on any atom is 0.0959 e. The average Bonchev–Trinajstić information content (AvgIpc) is 2.37. The largest absolute Gasteiger partial charge is 0.250 e. The van der Waals surface area contributed by atoms with Gasteiger partial charge >= 0.3 is 0 Å². The fourth-order valence-electron chi connectivity index (χ4n) is 3.79. The van der Waals surface area contributed by atoms with Crippen LogP contribution in [0.15, 0.2) is 29.4 Å². The number of hydrogen-bond acceptors (Lipinski definition) is 2. The molecular weight excluding hydrogens is 226 g/mol. The zero-order valence-corrected chi connectivity index (χ0v) is 11.5. The molecule has 2 bridgehead atoms. The van der Waals surface area contributed by atoms with E-state index in [0.717, 1.165) is 17.8 Å². The summed E-state index contributed by atoms with van der Waals surface area (Å²) in [6, 6.07) is 6.20. The Bertz CT molecular complexity index is 385. The van der Waals surface area contributed by atoms with Gasteiger partial charge in [-0.25, -0.2) is 4.98 Å². The van der Waals surface area contributed by atoms with Crippen LogP contribution in [0.2, 0.25) is 0 Å². The molecule has 3 saturated carbocycles. The van der Waals surface area contributed by atoms with Crippen LogP contribution < -0.4 is 0 Å². The Hall–Kier alpha value is -0.500. The van der Waals surface area contributed by atoms with Crippen LogP contribution in [0.5, 0.6) is 0 Å². The third-order valence-electron chi connectivity index (χ3n) is 5.08. The van der Waals surface area contributed by atoms with Gasteiger partial charge in [0.2, 0.25) is 0 Å². The van der Waals surface area contributed by atoms with E-state index in [9.17, 15) is 0 Å². The van der Waals surface area contributed by atoms with Crippen molar-refractivity contribution in [2.75, 3.05) is 5.75 Å². The number of pyridine rings is 1. The summed E-state index contributed by atoms with van der Waals surface area (Å²) >= 11 is 1.94. The van der Waals surface area contributed by atoms with E-state index in [1.54, 1.807) is 0 Å². The van der Waals surface area contributed by atoms with Crippen LogP contribution in [0.3, 0.4) is 0 Å². The molecule has 3 atom stereocenters. The third-order valence-corrected chi connectivity index (χ3v) is 6.22. The Morgan fingerprint density at radius 1 is 1.35 bits per heavy atom. The van der Waals surface area contributed by atoms with Crippen molar-refractivity contribution < 1.29 is 0 Å². The normalized spacial score (nSPS) is 34.1. The molecule has 1 nitrogen and oxygen atoms in total. The first-order valence-electron chi connectivity index (χ1n) is 6.72. The van der Waals surface area contributed by atoms with E-state index in [4.69, 9.17) is 0 Å². The molecule has 0 radical (unpaired) electrons. The van der Waals surface area contributed by atoms with Gasteiger partial charge in [-0.3, -0.25) is 0 Å². The van der Waals surface area contributed by atoms with Crippen molar-refractivity contribution in [2.24, 2.45) is 23.2 Å². The number of rotatable bonds is 3. The molecular formula is C15H21NS. The van der Waals surface area contributed by atoms with E-state index in [1.165, 1.54) is 30.0 Å². The average molecular weight is 247 g/mol. The molecule has 17 heavy (non-hydrogen) atoms. The van der Waals surface area contributed by atoms with Crippen molar-refractivity contribution in [3.05, 3.63) is 24.4 Å². The van der Waals surface area contributed by atoms with Gasteiger partial charge in [0.25, 0.3) is 0 Å². The molecule has 3 fully saturated rings. The smallest absolute Gasteiger partial charge is 0.0959 e. The summed E-state index contributed by atoms with van der Waals surface area (Å²) in [6.07, 6.45) is 6.28. The molecule has 92 valence electrons. The van der Waals surface area contributed by atoms with Gasteiger partial charge in [0, 0.05) is 11.9 Å². The molecule has 0 saturated heterocycles. The number of thioether (sulfide) groups is 1. The standard InChI is InChI=1S/C15H21NS/c1-15(2)12-7-6-11(13(15)9-12)10-17-14-5-3-4-8-16-14/h3-5,8,11-13H,6-7,9-10H2,1-2H3/t11-,12-,13-/m0/s1. The summed E-state index contributed by atoms with van der Waals surface area (Å²) in [5.41, 5.74) is 0.619. The molecule has 0 aliphatic heterocycles. The highest BCUT2D eigenvalue weighted by atomic mass is 32.2. The van der Waals surface area contributed by atoms with Crippen LogP contribution in [0, 0.1) is 23.2 Å². The topological polar surface area (TPSA) is 12.9 Å². The second kappa shape index (κ2) is 4.31. The van der Waals surface area contributed by atoms with Gasteiger partial charge in [-0.1, -0.05) is 19.9 Å². The molecule has 4 rings (SSSR count). The van der Waals surface area contributed by atoms with Crippen molar-refractivity contribution in [3.8, 4) is 0 Å². The van der Waals surface area contributed by atoms with Crippen LogP contribution in [0.25, 0.3) is 0 Å². The maximum atomic E-state index is 4.40. The van der Waals surface area contributed by atoms with Crippen LogP contribution >= 0.6 is 11.8 Å². The highest BCUT2D eigenvalue weighted by Gasteiger charge is 2.53. The summed E-state index contributed by atoms with van der Waals surface area (Å²) in [6.45, 7) is 4.95. The predicted molar refractivity (Wildman–Crippen MR) is 73.1 cm³/mol. The van der Waals surface area contributed by atoms with Gasteiger partial charge in [-0.2, -0.15) is 0 Å². The highest BCUT2D eigenvalue weighted by Crippen LogP contribution is 2.61. The molecule has 1 aromatic rings. The van der Waals surface area contributed by atoms with Gasteiger partial charge in [-0.05, 0) is 54.6 Å². The van der Waals surface area contributed by atoms with Crippen molar-refractivity contribution in [1.29, 1.82) is 0 Å². The monoisotopic (exact) mass is 247 g/mol. The molecule has 3 aliphatic rings. The second-order valence-corrected chi connectivity index (χ2v) is 7.22. The van der Waals surface area contributed by atoms with E-state index in [2.05, 4.69) is 31.0 Å². The number of aromatic nitrogens is 1. The molecule has 0 aromatic carbocycles. The fourth-order valence-corrected chi connectivity index (χ4v) is 4.88. The number of fused-ring (bicyclic) bond motifs is 2. The van der Waals surface area contributed by atoms with E-state index >= 15 is 0 Å². The Morgan fingerprint density at radius 3 is 2.88 bits per heavy atom. The zero-order valence-electron chi connectivity index (χ0n) is 10.7. The lowest BCUT2D eigenvalue weighted by atomic mass is 9.46. The maximum absolute atomic E-state index is 4.40. The third kappa shape index (κ3) is 2.01. The van der Waals surface area contributed by atoms with Crippen molar-refractivity contribution in [2.45, 2.75) is 38.1 Å². The minimum atomic E-state index is 0.619. The lowest BCUT2D eigenvalue weighted by molar-refractivity contribution is -0.0973. The van der Waals surface area contributed by atoms with Crippen LogP contribution in [-0.4, -0.2) is 10.7 Å². The second-order valence-electron chi connectivity index (χ2n) is 6.18. The Kier molecular flexibility index (Phi) is 2.94. The Balaban J connectivity index is 1.59. The quantitative estimate of drug-likeness (QED) is 0.741. The van der Waals surface area contributed by atoms with Crippen LogP contribution in [0.1, 0.15) is 33.1 Å². The minimum absolute atomic E-state index is 0.619. The van der Waals surface area contributed by atoms with E-state index in [1.807, 2.05) is 24.0 Å². The zero-order chi connectivity index (χ0) is 11.9. The number of hydrogen-bond donors (Lipinski definition) is 0. The van der Waals surface area contributed by atoms with Gasteiger partial charge in [0.15, 0.2) is 0 Å². The summed E-state index contributed by atoms with van der Waals surface area (Å²) < 4.78 is 0. The van der Waals surface area contributed by atoms with E-state index < -0.39 is 0 Å².